The van der Waals surface area contributed by atoms with Gasteiger partial charge in [-0.25, -0.2) is 8.42 Å². The highest BCUT2D eigenvalue weighted by atomic mass is 32.2. The summed E-state index contributed by atoms with van der Waals surface area (Å²) in [6, 6.07) is 12.8. The molecule has 0 aliphatic carbocycles. The number of aromatic amines is 1. The van der Waals surface area contributed by atoms with Crippen LogP contribution in [0.15, 0.2) is 59.8 Å². The minimum absolute atomic E-state index is 0.304. The number of aryl methyl sites for hydroxylation is 1. The Bertz CT molecular complexity index is 1170. The van der Waals surface area contributed by atoms with Crippen LogP contribution in [0.1, 0.15) is 0 Å². The van der Waals surface area contributed by atoms with Gasteiger partial charge in [-0.1, -0.05) is 24.3 Å². The topological polar surface area (TPSA) is 80.6 Å². The highest BCUT2D eigenvalue weighted by molar-refractivity contribution is 7.90. The summed E-state index contributed by atoms with van der Waals surface area (Å²) in [5.74, 6) is 0. The molecule has 0 saturated carbocycles. The molecule has 25 heavy (non-hydrogen) atoms. The third-order valence-electron chi connectivity index (χ3n) is 4.16. The molecule has 2 heterocycles. The van der Waals surface area contributed by atoms with Crippen LogP contribution in [0.3, 0.4) is 0 Å². The van der Waals surface area contributed by atoms with Crippen LogP contribution in [0.4, 0.5) is 0 Å². The Morgan fingerprint density at radius 3 is 2.52 bits per heavy atom. The number of sulfone groups is 1. The molecule has 0 unspecified atom stereocenters. The van der Waals surface area contributed by atoms with Gasteiger partial charge in [-0.2, -0.15) is 10.2 Å². The molecule has 0 radical (unpaired) electrons. The van der Waals surface area contributed by atoms with E-state index in [0.717, 1.165) is 33.3 Å². The lowest BCUT2D eigenvalue weighted by Crippen LogP contribution is -1.96. The van der Waals surface area contributed by atoms with Crippen molar-refractivity contribution in [3.63, 3.8) is 0 Å². The molecule has 0 amide bonds. The molecule has 0 fully saturated rings. The van der Waals surface area contributed by atoms with Gasteiger partial charge in [0.25, 0.3) is 0 Å². The third kappa shape index (κ3) is 2.72. The Kier molecular flexibility index (Phi) is 3.47. The van der Waals surface area contributed by atoms with Crippen molar-refractivity contribution >= 4 is 20.7 Å². The lowest BCUT2D eigenvalue weighted by Gasteiger charge is -2.05. The van der Waals surface area contributed by atoms with E-state index in [2.05, 4.69) is 15.3 Å². The highest BCUT2D eigenvalue weighted by Gasteiger charge is 2.16. The molecule has 0 bridgehead atoms. The number of fused-ring (bicyclic) bond motifs is 1. The first-order chi connectivity index (χ1) is 11.9. The minimum Gasteiger partial charge on any atom is -0.278 e. The van der Waals surface area contributed by atoms with E-state index >= 15 is 0 Å². The van der Waals surface area contributed by atoms with Crippen molar-refractivity contribution in [1.82, 2.24) is 20.0 Å². The van der Waals surface area contributed by atoms with Crippen LogP contribution in [0.5, 0.6) is 0 Å². The number of benzene rings is 2. The zero-order valence-electron chi connectivity index (χ0n) is 13.8. The summed E-state index contributed by atoms with van der Waals surface area (Å²) < 4.78 is 25.1. The van der Waals surface area contributed by atoms with Crippen LogP contribution in [0, 0.1) is 0 Å². The second kappa shape index (κ2) is 5.56. The van der Waals surface area contributed by atoms with E-state index in [4.69, 9.17) is 0 Å². The van der Waals surface area contributed by atoms with E-state index in [-0.39, 0.29) is 0 Å². The summed E-state index contributed by atoms with van der Waals surface area (Å²) in [4.78, 5) is 0.304. The van der Waals surface area contributed by atoms with Gasteiger partial charge in [0.05, 0.1) is 16.6 Å². The number of hydrogen-bond acceptors (Lipinski definition) is 4. The zero-order valence-corrected chi connectivity index (χ0v) is 14.6. The van der Waals surface area contributed by atoms with Gasteiger partial charge in [-0.3, -0.25) is 9.78 Å². The van der Waals surface area contributed by atoms with Gasteiger partial charge in [0.1, 0.15) is 5.69 Å². The van der Waals surface area contributed by atoms with Crippen molar-refractivity contribution < 1.29 is 8.42 Å². The van der Waals surface area contributed by atoms with E-state index in [1.54, 1.807) is 23.0 Å². The molecule has 0 aliphatic heterocycles. The fraction of sp³-hybridized carbons (Fsp3) is 0.111. The first kappa shape index (κ1) is 15.6. The SMILES string of the molecule is Cn1cc(-c2ccc(S(C)(=O)=O)cc2)c(-c2cccc3[nH]ncc23)n1. The van der Waals surface area contributed by atoms with E-state index < -0.39 is 9.84 Å². The average molecular weight is 352 g/mol. The Balaban J connectivity index is 1.89. The van der Waals surface area contributed by atoms with Gasteiger partial charge in [-0.15, -0.1) is 0 Å². The molecule has 2 aromatic heterocycles. The molecule has 7 heteroatoms. The van der Waals surface area contributed by atoms with Crippen molar-refractivity contribution in [2.75, 3.05) is 6.26 Å². The molecule has 4 aromatic rings. The maximum absolute atomic E-state index is 11.7. The maximum Gasteiger partial charge on any atom is 0.175 e. The van der Waals surface area contributed by atoms with Crippen LogP contribution in [-0.4, -0.2) is 34.7 Å². The summed E-state index contributed by atoms with van der Waals surface area (Å²) in [7, 11) is -1.34. The van der Waals surface area contributed by atoms with Gasteiger partial charge in [0, 0.05) is 36.0 Å². The number of hydrogen-bond donors (Lipinski definition) is 1. The fourth-order valence-corrected chi connectivity index (χ4v) is 3.59. The lowest BCUT2D eigenvalue weighted by atomic mass is 10.00. The maximum atomic E-state index is 11.7. The second-order valence-corrected chi connectivity index (χ2v) is 8.01. The standard InChI is InChI=1S/C18H16N4O2S/c1-22-11-16(12-6-8-13(9-7-12)25(2,23)24)18(21-22)14-4-3-5-17-15(14)10-19-20-17/h3-11H,1-2H3,(H,19,20). The first-order valence-corrected chi connectivity index (χ1v) is 9.59. The molecule has 0 aliphatic rings. The van der Waals surface area contributed by atoms with E-state index in [9.17, 15) is 8.42 Å². The minimum atomic E-state index is -3.21. The van der Waals surface area contributed by atoms with Gasteiger partial charge in [0.15, 0.2) is 9.84 Å². The van der Waals surface area contributed by atoms with E-state index in [0.29, 0.717) is 4.90 Å². The Morgan fingerprint density at radius 1 is 1.04 bits per heavy atom. The summed E-state index contributed by atoms with van der Waals surface area (Å²) >= 11 is 0. The largest absolute Gasteiger partial charge is 0.278 e. The Morgan fingerprint density at radius 2 is 1.80 bits per heavy atom. The molecule has 1 N–H and O–H groups in total. The van der Waals surface area contributed by atoms with Crippen LogP contribution in [0.25, 0.3) is 33.3 Å². The molecule has 0 atom stereocenters. The molecule has 4 rings (SSSR count). The van der Waals surface area contributed by atoms with Gasteiger partial charge in [0.2, 0.25) is 0 Å². The van der Waals surface area contributed by atoms with Crippen molar-refractivity contribution in [2.45, 2.75) is 4.90 Å². The summed E-state index contributed by atoms with van der Waals surface area (Å²) in [5.41, 5.74) is 4.62. The van der Waals surface area contributed by atoms with Gasteiger partial charge >= 0.3 is 0 Å². The van der Waals surface area contributed by atoms with Crippen molar-refractivity contribution in [2.24, 2.45) is 7.05 Å². The number of aromatic nitrogens is 4. The average Bonchev–Trinajstić information content (AvgIpc) is 3.20. The van der Waals surface area contributed by atoms with Crippen molar-refractivity contribution in [3.8, 4) is 22.4 Å². The predicted octanol–water partition coefficient (Wildman–Crippen LogP) is 3.03. The predicted molar refractivity (Wildman–Crippen MR) is 96.8 cm³/mol. The fourth-order valence-electron chi connectivity index (χ4n) is 2.95. The number of H-pyrrole nitrogens is 1. The molecule has 126 valence electrons. The van der Waals surface area contributed by atoms with Crippen LogP contribution >= 0.6 is 0 Å². The Hall–Kier alpha value is -2.93. The summed E-state index contributed by atoms with van der Waals surface area (Å²) in [5, 5.41) is 12.7. The smallest absolute Gasteiger partial charge is 0.175 e. The highest BCUT2D eigenvalue weighted by Crippen LogP contribution is 2.34. The third-order valence-corrected chi connectivity index (χ3v) is 5.29. The molecule has 6 nitrogen and oxygen atoms in total. The number of rotatable bonds is 3. The van der Waals surface area contributed by atoms with Crippen LogP contribution < -0.4 is 0 Å². The summed E-state index contributed by atoms with van der Waals surface area (Å²) in [6.07, 6.45) is 4.93. The summed E-state index contributed by atoms with van der Waals surface area (Å²) in [6.45, 7) is 0. The van der Waals surface area contributed by atoms with Gasteiger partial charge < -0.3 is 0 Å². The lowest BCUT2D eigenvalue weighted by molar-refractivity contribution is 0.602. The second-order valence-electron chi connectivity index (χ2n) is 6.00. The molecular formula is C18H16N4O2S. The Labute approximate surface area is 145 Å². The number of nitrogens with one attached hydrogen (secondary N) is 1. The quantitative estimate of drug-likeness (QED) is 0.614. The first-order valence-electron chi connectivity index (χ1n) is 7.70. The zero-order chi connectivity index (χ0) is 17.6. The van der Waals surface area contributed by atoms with Crippen molar-refractivity contribution in [1.29, 1.82) is 0 Å². The van der Waals surface area contributed by atoms with Crippen LogP contribution in [-0.2, 0) is 16.9 Å². The molecule has 0 spiro atoms. The molecule has 0 saturated heterocycles. The van der Waals surface area contributed by atoms with E-state index in [1.807, 2.05) is 43.6 Å². The monoisotopic (exact) mass is 352 g/mol. The van der Waals surface area contributed by atoms with Crippen molar-refractivity contribution in [3.05, 3.63) is 54.9 Å². The number of nitrogens with zero attached hydrogens (tertiary/aromatic N) is 3. The van der Waals surface area contributed by atoms with E-state index in [1.165, 1.54) is 6.26 Å². The molecular weight excluding hydrogens is 336 g/mol. The van der Waals surface area contributed by atoms with Crippen LogP contribution in [0.2, 0.25) is 0 Å². The molecule has 2 aromatic carbocycles. The normalized spacial score (nSPS) is 11.9. The van der Waals surface area contributed by atoms with Gasteiger partial charge in [-0.05, 0) is 23.8 Å².